The van der Waals surface area contributed by atoms with Crippen molar-refractivity contribution < 1.29 is 9.53 Å². The average molecular weight is 426 g/mol. The van der Waals surface area contributed by atoms with Crippen LogP contribution in [0.25, 0.3) is 21.1 Å². The lowest BCUT2D eigenvalue weighted by Gasteiger charge is -2.31. The van der Waals surface area contributed by atoms with Crippen molar-refractivity contribution in [1.29, 1.82) is 0 Å². The first-order valence-corrected chi connectivity index (χ1v) is 10.9. The van der Waals surface area contributed by atoms with Gasteiger partial charge in [0.05, 0.1) is 9.72 Å². The van der Waals surface area contributed by atoms with Crippen LogP contribution in [0.15, 0.2) is 54.7 Å². The molecule has 1 aliphatic rings. The minimum absolute atomic E-state index is 0.0748. The van der Waals surface area contributed by atoms with Gasteiger partial charge in [0.1, 0.15) is 18.2 Å². The van der Waals surface area contributed by atoms with Gasteiger partial charge in [-0.05, 0) is 29.7 Å². The number of hydrogen-bond acceptors (Lipinski definition) is 4. The molecule has 0 bridgehead atoms. The Morgan fingerprint density at radius 1 is 1.14 bits per heavy atom. The van der Waals surface area contributed by atoms with Gasteiger partial charge in [-0.15, -0.1) is 0 Å². The lowest BCUT2D eigenvalue weighted by Crippen LogP contribution is -2.43. The van der Waals surface area contributed by atoms with Crippen LogP contribution in [0.5, 0.6) is 5.19 Å². The highest BCUT2D eigenvalue weighted by Crippen LogP contribution is 2.33. The van der Waals surface area contributed by atoms with E-state index in [2.05, 4.69) is 11.1 Å². The SMILES string of the molecule is O=C(Cn1ccc2ccccc21)N1CCC(Oc2nc3c(Cl)cccc3s2)CC1. The molecule has 0 N–H and O–H groups in total. The molecule has 3 heterocycles. The van der Waals surface area contributed by atoms with Crippen LogP contribution in [-0.2, 0) is 11.3 Å². The zero-order valence-corrected chi connectivity index (χ0v) is 17.3. The third-order valence-corrected chi connectivity index (χ3v) is 6.61. The number of carbonyl (C=O) groups is 1. The van der Waals surface area contributed by atoms with Gasteiger partial charge in [0.15, 0.2) is 0 Å². The fourth-order valence-corrected chi connectivity index (χ4v) is 5.02. The van der Waals surface area contributed by atoms with Crippen molar-refractivity contribution in [2.45, 2.75) is 25.5 Å². The molecular formula is C22H20ClN3O2S. The number of nitrogens with zero attached hydrogens (tertiary/aromatic N) is 3. The first kappa shape index (κ1) is 18.5. The third kappa shape index (κ3) is 3.70. The smallest absolute Gasteiger partial charge is 0.274 e. The Bertz CT molecular complexity index is 1180. The van der Waals surface area contributed by atoms with Gasteiger partial charge in [0.2, 0.25) is 5.91 Å². The Morgan fingerprint density at radius 2 is 1.97 bits per heavy atom. The molecule has 0 unspecified atom stereocenters. The molecule has 2 aromatic carbocycles. The second-order valence-electron chi connectivity index (χ2n) is 7.27. The average Bonchev–Trinajstić information content (AvgIpc) is 3.33. The summed E-state index contributed by atoms with van der Waals surface area (Å²) in [4.78, 5) is 19.2. The van der Waals surface area contributed by atoms with Gasteiger partial charge < -0.3 is 14.2 Å². The van der Waals surface area contributed by atoms with Crippen LogP contribution in [-0.4, -0.2) is 39.6 Å². The molecule has 0 atom stereocenters. The molecular weight excluding hydrogens is 406 g/mol. The summed E-state index contributed by atoms with van der Waals surface area (Å²) < 4.78 is 9.14. The van der Waals surface area contributed by atoms with Crippen LogP contribution in [0.3, 0.4) is 0 Å². The molecule has 1 fully saturated rings. The molecule has 5 rings (SSSR count). The van der Waals surface area contributed by atoms with Crippen LogP contribution in [0.1, 0.15) is 12.8 Å². The number of thiazole rings is 1. The molecule has 0 saturated carbocycles. The van der Waals surface area contributed by atoms with Crippen LogP contribution < -0.4 is 4.74 Å². The molecule has 0 radical (unpaired) electrons. The number of amides is 1. The molecule has 29 heavy (non-hydrogen) atoms. The van der Waals surface area contributed by atoms with Gasteiger partial charge in [-0.1, -0.05) is 47.2 Å². The van der Waals surface area contributed by atoms with E-state index in [1.54, 1.807) is 0 Å². The number of benzene rings is 2. The predicted octanol–water partition coefficient (Wildman–Crippen LogP) is 4.97. The van der Waals surface area contributed by atoms with Gasteiger partial charge in [-0.2, -0.15) is 0 Å². The number of likely N-dealkylation sites (tertiary alicyclic amines) is 1. The van der Waals surface area contributed by atoms with E-state index in [0.717, 1.165) is 34.0 Å². The number of rotatable bonds is 4. The normalized spacial score (nSPS) is 15.3. The standard InChI is InChI=1S/C22H20ClN3O2S/c23-17-5-3-7-19-21(17)24-22(29-19)28-16-9-12-25(13-10-16)20(27)14-26-11-8-15-4-1-2-6-18(15)26/h1-8,11,16H,9-10,12-14H2. The van der Waals surface area contributed by atoms with Crippen molar-refractivity contribution in [1.82, 2.24) is 14.5 Å². The minimum atomic E-state index is 0.0748. The lowest BCUT2D eigenvalue weighted by molar-refractivity contribution is -0.133. The number of hydrogen-bond donors (Lipinski definition) is 0. The molecule has 5 nitrogen and oxygen atoms in total. The lowest BCUT2D eigenvalue weighted by atomic mass is 10.1. The third-order valence-electron chi connectivity index (χ3n) is 5.40. The molecule has 7 heteroatoms. The maximum absolute atomic E-state index is 12.8. The van der Waals surface area contributed by atoms with Gasteiger partial charge in [0.25, 0.3) is 5.19 Å². The summed E-state index contributed by atoms with van der Waals surface area (Å²) in [6, 6.07) is 15.9. The van der Waals surface area contributed by atoms with Gasteiger partial charge in [-0.3, -0.25) is 4.79 Å². The monoisotopic (exact) mass is 425 g/mol. The molecule has 1 saturated heterocycles. The molecule has 148 valence electrons. The van der Waals surface area contributed by atoms with Crippen molar-refractivity contribution in [2.24, 2.45) is 0 Å². The Hall–Kier alpha value is -2.57. The molecule has 4 aromatic rings. The van der Waals surface area contributed by atoms with E-state index < -0.39 is 0 Å². The van der Waals surface area contributed by atoms with E-state index in [0.29, 0.717) is 29.9 Å². The second-order valence-corrected chi connectivity index (χ2v) is 8.67. The zero-order valence-electron chi connectivity index (χ0n) is 15.8. The fraction of sp³-hybridized carbons (Fsp3) is 0.273. The van der Waals surface area contributed by atoms with Crippen molar-refractivity contribution >= 4 is 50.0 Å². The quantitative estimate of drug-likeness (QED) is 0.463. The molecule has 0 spiro atoms. The van der Waals surface area contributed by atoms with Crippen LogP contribution >= 0.6 is 22.9 Å². The Kier molecular flexibility index (Phi) is 4.89. The number of fused-ring (bicyclic) bond motifs is 2. The molecule has 0 aliphatic carbocycles. The first-order valence-electron chi connectivity index (χ1n) is 9.71. The number of halogens is 1. The number of piperidine rings is 1. The van der Waals surface area contributed by atoms with E-state index in [4.69, 9.17) is 16.3 Å². The summed E-state index contributed by atoms with van der Waals surface area (Å²) in [5.74, 6) is 0.150. The van der Waals surface area contributed by atoms with Crippen molar-refractivity contribution in [3.05, 3.63) is 59.8 Å². The second kappa shape index (κ2) is 7.69. The number of aromatic nitrogens is 2. The van der Waals surface area contributed by atoms with E-state index in [-0.39, 0.29) is 12.0 Å². The maximum Gasteiger partial charge on any atom is 0.274 e. The summed E-state index contributed by atoms with van der Waals surface area (Å²) in [7, 11) is 0. The van der Waals surface area contributed by atoms with Crippen LogP contribution in [0.2, 0.25) is 5.02 Å². The summed E-state index contributed by atoms with van der Waals surface area (Å²) in [6.07, 6.45) is 3.67. The largest absolute Gasteiger partial charge is 0.467 e. The Balaban J connectivity index is 1.19. The van der Waals surface area contributed by atoms with Crippen LogP contribution in [0, 0.1) is 0 Å². The first-order chi connectivity index (χ1) is 14.2. The fourth-order valence-electron chi connectivity index (χ4n) is 3.83. The molecule has 2 aromatic heterocycles. The summed E-state index contributed by atoms with van der Waals surface area (Å²) in [6.45, 7) is 1.78. The predicted molar refractivity (Wildman–Crippen MR) is 117 cm³/mol. The number of para-hydroxylation sites is 2. The number of carbonyl (C=O) groups excluding carboxylic acids is 1. The van der Waals surface area contributed by atoms with E-state index >= 15 is 0 Å². The molecule has 1 amide bonds. The summed E-state index contributed by atoms with van der Waals surface area (Å²) in [5, 5.41) is 2.45. The highest BCUT2D eigenvalue weighted by molar-refractivity contribution is 7.20. The van der Waals surface area contributed by atoms with E-state index in [1.165, 1.54) is 11.3 Å². The maximum atomic E-state index is 12.8. The summed E-state index contributed by atoms with van der Waals surface area (Å²) >= 11 is 7.72. The zero-order chi connectivity index (χ0) is 19.8. The summed E-state index contributed by atoms with van der Waals surface area (Å²) in [5.41, 5.74) is 1.88. The minimum Gasteiger partial charge on any atom is -0.467 e. The molecule has 1 aliphatic heterocycles. The van der Waals surface area contributed by atoms with Gasteiger partial charge in [0, 0.05) is 37.6 Å². The topological polar surface area (TPSA) is 47.4 Å². The van der Waals surface area contributed by atoms with Gasteiger partial charge >= 0.3 is 0 Å². The van der Waals surface area contributed by atoms with Crippen LogP contribution in [0.4, 0.5) is 0 Å². The van der Waals surface area contributed by atoms with E-state index in [1.807, 2.05) is 58.1 Å². The van der Waals surface area contributed by atoms with Gasteiger partial charge in [-0.25, -0.2) is 4.98 Å². The Morgan fingerprint density at radius 3 is 2.79 bits per heavy atom. The van der Waals surface area contributed by atoms with E-state index in [9.17, 15) is 4.79 Å². The van der Waals surface area contributed by atoms with Crippen molar-refractivity contribution in [3.63, 3.8) is 0 Å². The van der Waals surface area contributed by atoms with Crippen molar-refractivity contribution in [3.8, 4) is 5.19 Å². The highest BCUT2D eigenvalue weighted by Gasteiger charge is 2.25. The number of ether oxygens (including phenoxy) is 1. The van der Waals surface area contributed by atoms with Crippen molar-refractivity contribution in [2.75, 3.05) is 13.1 Å². The highest BCUT2D eigenvalue weighted by atomic mass is 35.5. The Labute approximate surface area is 177 Å².